The SMILES string of the molecule is CC(Cc1nn(Cc2ccc(F)cc2F)c2ccc(C(F)(F)F)cc12)C(=O)O. The highest BCUT2D eigenvalue weighted by atomic mass is 19.4. The van der Waals surface area contributed by atoms with Crippen LogP contribution in [0.25, 0.3) is 10.9 Å². The molecule has 2 aromatic carbocycles. The number of carbonyl (C=O) groups is 1. The molecule has 4 nitrogen and oxygen atoms in total. The van der Waals surface area contributed by atoms with Crippen molar-refractivity contribution in [2.45, 2.75) is 26.1 Å². The largest absolute Gasteiger partial charge is 0.481 e. The number of alkyl halides is 3. The Morgan fingerprint density at radius 2 is 1.89 bits per heavy atom. The second-order valence-corrected chi connectivity index (χ2v) is 6.51. The molecule has 1 heterocycles. The van der Waals surface area contributed by atoms with E-state index in [1.807, 2.05) is 0 Å². The number of benzene rings is 2. The van der Waals surface area contributed by atoms with Gasteiger partial charge in [-0.25, -0.2) is 8.78 Å². The van der Waals surface area contributed by atoms with E-state index in [9.17, 15) is 26.7 Å². The van der Waals surface area contributed by atoms with E-state index in [1.54, 1.807) is 0 Å². The number of carboxylic acids is 1. The number of halogens is 5. The van der Waals surface area contributed by atoms with Crippen LogP contribution < -0.4 is 0 Å². The van der Waals surface area contributed by atoms with Gasteiger partial charge in [-0.05, 0) is 24.3 Å². The number of hydrogen-bond acceptors (Lipinski definition) is 2. The van der Waals surface area contributed by atoms with Gasteiger partial charge in [0.15, 0.2) is 0 Å². The van der Waals surface area contributed by atoms with Gasteiger partial charge in [0.05, 0.1) is 29.2 Å². The molecule has 0 aliphatic rings. The van der Waals surface area contributed by atoms with Gasteiger partial charge in [-0.1, -0.05) is 13.0 Å². The van der Waals surface area contributed by atoms with E-state index in [-0.39, 0.29) is 29.6 Å². The molecule has 0 bridgehead atoms. The average molecular weight is 398 g/mol. The van der Waals surface area contributed by atoms with E-state index >= 15 is 0 Å². The number of rotatable bonds is 5. The van der Waals surface area contributed by atoms with E-state index < -0.39 is 35.3 Å². The summed E-state index contributed by atoms with van der Waals surface area (Å²) in [5.41, 5.74) is -0.330. The molecule has 0 aliphatic heterocycles. The molecule has 148 valence electrons. The first-order valence-corrected chi connectivity index (χ1v) is 8.29. The first-order valence-electron chi connectivity index (χ1n) is 8.29. The van der Waals surface area contributed by atoms with Crippen LogP contribution in [-0.2, 0) is 23.9 Å². The standard InChI is InChI=1S/C19H15F5N2O2/c1-10(18(27)28)6-16-14-7-12(19(22,23)24)3-5-17(14)26(25-16)9-11-2-4-13(20)8-15(11)21/h2-5,7-8,10H,6,9H2,1H3,(H,27,28). The second-order valence-electron chi connectivity index (χ2n) is 6.51. The molecule has 1 unspecified atom stereocenters. The summed E-state index contributed by atoms with van der Waals surface area (Å²) in [4.78, 5) is 11.1. The van der Waals surface area contributed by atoms with Gasteiger partial charge in [0.2, 0.25) is 0 Å². The average Bonchev–Trinajstić information content (AvgIpc) is 2.93. The highest BCUT2D eigenvalue weighted by molar-refractivity contribution is 5.83. The van der Waals surface area contributed by atoms with Gasteiger partial charge in [-0.15, -0.1) is 0 Å². The molecule has 1 N–H and O–H groups in total. The molecular formula is C19H15F5N2O2. The zero-order valence-corrected chi connectivity index (χ0v) is 14.6. The van der Waals surface area contributed by atoms with Crippen molar-refractivity contribution in [2.75, 3.05) is 0 Å². The summed E-state index contributed by atoms with van der Waals surface area (Å²) < 4.78 is 67.6. The Balaban J connectivity index is 2.10. The number of nitrogens with zero attached hydrogens (tertiary/aromatic N) is 2. The van der Waals surface area contributed by atoms with Crippen molar-refractivity contribution in [1.82, 2.24) is 9.78 Å². The van der Waals surface area contributed by atoms with Crippen LogP contribution in [0.5, 0.6) is 0 Å². The smallest absolute Gasteiger partial charge is 0.416 e. The van der Waals surface area contributed by atoms with E-state index in [0.717, 1.165) is 18.2 Å². The summed E-state index contributed by atoms with van der Waals surface area (Å²) in [5, 5.41) is 13.5. The minimum absolute atomic E-state index is 0.0912. The Hall–Kier alpha value is -2.97. The van der Waals surface area contributed by atoms with E-state index in [2.05, 4.69) is 5.10 Å². The van der Waals surface area contributed by atoms with Gasteiger partial charge in [0.25, 0.3) is 0 Å². The molecule has 0 aliphatic carbocycles. The molecule has 0 saturated carbocycles. The van der Waals surface area contributed by atoms with Crippen LogP contribution in [0.1, 0.15) is 23.7 Å². The Labute approximate surface area is 156 Å². The Bertz CT molecular complexity index is 1040. The van der Waals surface area contributed by atoms with E-state index in [1.165, 1.54) is 23.7 Å². The fourth-order valence-electron chi connectivity index (χ4n) is 2.88. The lowest BCUT2D eigenvalue weighted by Crippen LogP contribution is -2.13. The maximum Gasteiger partial charge on any atom is 0.416 e. The minimum atomic E-state index is -4.57. The lowest BCUT2D eigenvalue weighted by Gasteiger charge is -2.08. The molecule has 0 spiro atoms. The molecule has 3 aromatic rings. The van der Waals surface area contributed by atoms with Crippen LogP contribution in [0.3, 0.4) is 0 Å². The summed E-state index contributed by atoms with van der Waals surface area (Å²) >= 11 is 0. The van der Waals surface area contributed by atoms with Crippen molar-refractivity contribution in [3.8, 4) is 0 Å². The van der Waals surface area contributed by atoms with Crippen LogP contribution in [0.4, 0.5) is 22.0 Å². The fourth-order valence-corrected chi connectivity index (χ4v) is 2.88. The maximum atomic E-state index is 14.0. The number of carboxylic acid groups (broad SMARTS) is 1. The van der Waals surface area contributed by atoms with Crippen LogP contribution in [0.2, 0.25) is 0 Å². The predicted octanol–water partition coefficient (Wildman–Crippen LogP) is 4.64. The van der Waals surface area contributed by atoms with E-state index in [0.29, 0.717) is 11.6 Å². The molecular weight excluding hydrogens is 383 g/mol. The van der Waals surface area contributed by atoms with E-state index in [4.69, 9.17) is 5.11 Å². The number of hydrogen-bond donors (Lipinski definition) is 1. The topological polar surface area (TPSA) is 55.1 Å². The Morgan fingerprint density at radius 1 is 1.18 bits per heavy atom. The van der Waals surface area contributed by atoms with Crippen molar-refractivity contribution < 1.29 is 31.9 Å². The molecule has 1 atom stereocenters. The minimum Gasteiger partial charge on any atom is -0.481 e. The number of fused-ring (bicyclic) bond motifs is 1. The van der Waals surface area contributed by atoms with Gasteiger partial charge in [-0.3, -0.25) is 9.48 Å². The second kappa shape index (κ2) is 7.21. The van der Waals surface area contributed by atoms with Crippen molar-refractivity contribution in [2.24, 2.45) is 5.92 Å². The third-order valence-corrected chi connectivity index (χ3v) is 4.41. The quantitative estimate of drug-likeness (QED) is 0.637. The molecule has 1 aromatic heterocycles. The summed E-state index contributed by atoms with van der Waals surface area (Å²) in [6, 6.07) is 5.99. The number of aromatic nitrogens is 2. The van der Waals surface area contributed by atoms with Crippen molar-refractivity contribution in [3.63, 3.8) is 0 Å². The van der Waals surface area contributed by atoms with Gasteiger partial charge in [0.1, 0.15) is 11.6 Å². The van der Waals surface area contributed by atoms with Gasteiger partial charge in [-0.2, -0.15) is 18.3 Å². The molecule has 0 saturated heterocycles. The lowest BCUT2D eigenvalue weighted by molar-refractivity contribution is -0.141. The first kappa shape index (κ1) is 19.8. The molecule has 0 amide bonds. The molecule has 3 rings (SSSR count). The molecule has 28 heavy (non-hydrogen) atoms. The zero-order chi connectivity index (χ0) is 20.6. The van der Waals surface area contributed by atoms with Crippen LogP contribution >= 0.6 is 0 Å². The van der Waals surface area contributed by atoms with Crippen LogP contribution in [0.15, 0.2) is 36.4 Å². The summed E-state index contributed by atoms with van der Waals surface area (Å²) in [6.07, 6.45) is -4.67. The molecule has 0 fully saturated rings. The highest BCUT2D eigenvalue weighted by Crippen LogP contribution is 2.33. The predicted molar refractivity (Wildman–Crippen MR) is 90.7 cm³/mol. The van der Waals surface area contributed by atoms with Gasteiger partial charge < -0.3 is 5.11 Å². The van der Waals surface area contributed by atoms with Crippen LogP contribution in [0, 0.1) is 17.6 Å². The van der Waals surface area contributed by atoms with Crippen molar-refractivity contribution >= 4 is 16.9 Å². The first-order chi connectivity index (χ1) is 13.1. The van der Waals surface area contributed by atoms with Crippen molar-refractivity contribution in [1.29, 1.82) is 0 Å². The maximum absolute atomic E-state index is 14.0. The lowest BCUT2D eigenvalue weighted by atomic mass is 10.0. The van der Waals surface area contributed by atoms with Gasteiger partial charge in [0, 0.05) is 23.4 Å². The van der Waals surface area contributed by atoms with Crippen LogP contribution in [-0.4, -0.2) is 20.9 Å². The summed E-state index contributed by atoms with van der Waals surface area (Å²) in [5.74, 6) is -3.55. The third-order valence-electron chi connectivity index (χ3n) is 4.41. The normalized spacial score (nSPS) is 13.1. The zero-order valence-electron chi connectivity index (χ0n) is 14.6. The monoisotopic (exact) mass is 398 g/mol. The molecule has 0 radical (unpaired) electrons. The number of aliphatic carboxylic acids is 1. The summed E-state index contributed by atoms with van der Waals surface area (Å²) in [7, 11) is 0. The van der Waals surface area contributed by atoms with Crippen molar-refractivity contribution in [3.05, 3.63) is 64.9 Å². The fraction of sp³-hybridized carbons (Fsp3) is 0.263. The summed E-state index contributed by atoms with van der Waals surface area (Å²) in [6.45, 7) is 1.27. The third kappa shape index (κ3) is 3.97. The highest BCUT2D eigenvalue weighted by Gasteiger charge is 2.31. The Kier molecular flexibility index (Phi) is 5.10. The Morgan fingerprint density at radius 3 is 2.50 bits per heavy atom. The molecule has 9 heteroatoms. The van der Waals surface area contributed by atoms with Gasteiger partial charge >= 0.3 is 12.1 Å².